The smallest absolute Gasteiger partial charge is 0.239 e. The van der Waals surface area contributed by atoms with Crippen molar-refractivity contribution in [3.63, 3.8) is 0 Å². The number of thioether (sulfide) groups is 1. The maximum Gasteiger partial charge on any atom is 0.239 e. The first kappa shape index (κ1) is 15.6. The van der Waals surface area contributed by atoms with Gasteiger partial charge in [-0.1, -0.05) is 30.8 Å². The van der Waals surface area contributed by atoms with E-state index in [1.54, 1.807) is 13.0 Å². The number of hydrogen-bond donors (Lipinski definition) is 2. The first-order valence-corrected chi connectivity index (χ1v) is 7.82. The van der Waals surface area contributed by atoms with Crippen LogP contribution in [0, 0.1) is 6.92 Å². The molecule has 0 aliphatic heterocycles. The van der Waals surface area contributed by atoms with Crippen molar-refractivity contribution in [3.05, 3.63) is 17.7 Å². The summed E-state index contributed by atoms with van der Waals surface area (Å²) >= 11 is 1.35. The van der Waals surface area contributed by atoms with E-state index in [0.717, 1.165) is 18.7 Å². The van der Waals surface area contributed by atoms with Gasteiger partial charge in [0, 0.05) is 12.5 Å². The average Bonchev–Trinajstić information content (AvgIpc) is 3.06. The summed E-state index contributed by atoms with van der Waals surface area (Å²) < 4.78 is 4.93. The van der Waals surface area contributed by atoms with Crippen molar-refractivity contribution < 1.29 is 9.32 Å². The molecule has 0 aliphatic rings. The van der Waals surface area contributed by atoms with Gasteiger partial charge in [-0.25, -0.2) is 4.98 Å². The van der Waals surface area contributed by atoms with Gasteiger partial charge in [-0.05, 0) is 19.8 Å². The maximum absolute atomic E-state index is 12.2. The molecule has 0 bridgehead atoms. The standard InChI is InChI=1S/C13H19N5O2S/c1-4-6-10-15-13(17-16-10)21-9(5-2)12(19)14-11-7-8(3)20-18-11/h7,9H,4-6H2,1-3H3,(H,14,18,19)(H,15,16,17)/t9-/m1/s1. The second-order valence-corrected chi connectivity index (χ2v) is 5.81. The summed E-state index contributed by atoms with van der Waals surface area (Å²) in [6.07, 6.45) is 2.53. The topological polar surface area (TPSA) is 96.7 Å². The average molecular weight is 309 g/mol. The van der Waals surface area contributed by atoms with E-state index < -0.39 is 0 Å². The fraction of sp³-hybridized carbons (Fsp3) is 0.538. The minimum Gasteiger partial charge on any atom is -0.360 e. The zero-order chi connectivity index (χ0) is 15.2. The molecule has 1 amide bonds. The number of nitrogens with one attached hydrogen (secondary N) is 2. The zero-order valence-electron chi connectivity index (χ0n) is 12.3. The first-order chi connectivity index (χ1) is 10.1. The van der Waals surface area contributed by atoms with Crippen LogP contribution < -0.4 is 5.32 Å². The van der Waals surface area contributed by atoms with Crippen molar-refractivity contribution in [3.8, 4) is 0 Å². The van der Waals surface area contributed by atoms with Gasteiger partial charge in [-0.15, -0.1) is 5.10 Å². The number of aromatic nitrogens is 4. The number of aryl methyl sites for hydroxylation is 2. The molecule has 0 saturated carbocycles. The molecule has 1 atom stereocenters. The zero-order valence-corrected chi connectivity index (χ0v) is 13.2. The van der Waals surface area contributed by atoms with Gasteiger partial charge in [-0.2, -0.15) is 0 Å². The van der Waals surface area contributed by atoms with Gasteiger partial charge < -0.3 is 9.84 Å². The Labute approximate surface area is 127 Å². The quantitative estimate of drug-likeness (QED) is 0.763. The molecule has 0 fully saturated rings. The Kier molecular flexibility index (Phi) is 5.38. The molecule has 21 heavy (non-hydrogen) atoms. The molecule has 114 valence electrons. The number of hydrogen-bond acceptors (Lipinski definition) is 6. The molecule has 0 spiro atoms. The third-order valence-corrected chi connectivity index (χ3v) is 4.01. The molecule has 0 unspecified atom stereocenters. The van der Waals surface area contributed by atoms with Crippen LogP contribution in [0.15, 0.2) is 15.7 Å². The number of carbonyl (C=O) groups excluding carboxylic acids is 1. The van der Waals surface area contributed by atoms with Gasteiger partial charge in [-0.3, -0.25) is 9.89 Å². The number of aromatic amines is 1. The van der Waals surface area contributed by atoms with Crippen LogP contribution in [0.5, 0.6) is 0 Å². The molecule has 0 radical (unpaired) electrons. The lowest BCUT2D eigenvalue weighted by Crippen LogP contribution is -2.24. The molecule has 7 nitrogen and oxygen atoms in total. The fourth-order valence-corrected chi connectivity index (χ4v) is 2.61. The Morgan fingerprint density at radius 3 is 2.95 bits per heavy atom. The number of anilines is 1. The minimum absolute atomic E-state index is 0.127. The third kappa shape index (κ3) is 4.32. The van der Waals surface area contributed by atoms with Crippen molar-refractivity contribution in [2.24, 2.45) is 0 Å². The summed E-state index contributed by atoms with van der Waals surface area (Å²) in [6, 6.07) is 1.68. The number of rotatable bonds is 7. The summed E-state index contributed by atoms with van der Waals surface area (Å²) in [7, 11) is 0. The van der Waals surface area contributed by atoms with Crippen LogP contribution >= 0.6 is 11.8 Å². The molecule has 2 aromatic rings. The van der Waals surface area contributed by atoms with Crippen molar-refractivity contribution >= 4 is 23.5 Å². The van der Waals surface area contributed by atoms with Crippen LogP contribution in [0.2, 0.25) is 0 Å². The Morgan fingerprint density at radius 2 is 2.33 bits per heavy atom. The number of nitrogens with zero attached hydrogens (tertiary/aromatic N) is 3. The second kappa shape index (κ2) is 7.26. The van der Waals surface area contributed by atoms with Crippen LogP contribution in [-0.2, 0) is 11.2 Å². The highest BCUT2D eigenvalue weighted by molar-refractivity contribution is 8.00. The molecule has 8 heteroatoms. The fourth-order valence-electron chi connectivity index (χ4n) is 1.76. The van der Waals surface area contributed by atoms with Crippen LogP contribution in [0.25, 0.3) is 0 Å². The first-order valence-electron chi connectivity index (χ1n) is 6.94. The molecular formula is C13H19N5O2S. The Morgan fingerprint density at radius 1 is 1.52 bits per heavy atom. The highest BCUT2D eigenvalue weighted by Gasteiger charge is 2.21. The van der Waals surface area contributed by atoms with E-state index >= 15 is 0 Å². The highest BCUT2D eigenvalue weighted by atomic mass is 32.2. The summed E-state index contributed by atoms with van der Waals surface area (Å²) in [5, 5.41) is 13.8. The molecule has 0 aliphatic carbocycles. The largest absolute Gasteiger partial charge is 0.360 e. The number of H-pyrrole nitrogens is 1. The van der Waals surface area contributed by atoms with Crippen molar-refractivity contribution in [2.45, 2.75) is 50.4 Å². The van der Waals surface area contributed by atoms with Gasteiger partial charge in [0.1, 0.15) is 11.6 Å². The second-order valence-electron chi connectivity index (χ2n) is 4.64. The van der Waals surface area contributed by atoms with Crippen LogP contribution in [-0.4, -0.2) is 31.5 Å². The molecule has 0 aromatic carbocycles. The molecule has 0 saturated heterocycles. The maximum atomic E-state index is 12.2. The monoisotopic (exact) mass is 309 g/mol. The molecular weight excluding hydrogens is 290 g/mol. The number of carbonyl (C=O) groups is 1. The molecule has 2 rings (SSSR count). The van der Waals surface area contributed by atoms with Crippen LogP contribution in [0.1, 0.15) is 38.3 Å². The third-order valence-electron chi connectivity index (χ3n) is 2.79. The van der Waals surface area contributed by atoms with E-state index in [1.807, 2.05) is 6.92 Å². The van der Waals surface area contributed by atoms with E-state index in [0.29, 0.717) is 23.2 Å². The lowest BCUT2D eigenvalue weighted by atomic mass is 10.3. The van der Waals surface area contributed by atoms with E-state index in [9.17, 15) is 4.79 Å². The Balaban J connectivity index is 1.96. The van der Waals surface area contributed by atoms with Gasteiger partial charge in [0.15, 0.2) is 5.82 Å². The van der Waals surface area contributed by atoms with Crippen molar-refractivity contribution in [1.29, 1.82) is 0 Å². The van der Waals surface area contributed by atoms with Gasteiger partial charge >= 0.3 is 0 Å². The van der Waals surface area contributed by atoms with Gasteiger partial charge in [0.25, 0.3) is 0 Å². The predicted molar refractivity (Wildman–Crippen MR) is 80.2 cm³/mol. The van der Waals surface area contributed by atoms with E-state index in [4.69, 9.17) is 4.52 Å². The van der Waals surface area contributed by atoms with E-state index in [1.165, 1.54) is 11.8 Å². The lowest BCUT2D eigenvalue weighted by Gasteiger charge is -2.10. The van der Waals surface area contributed by atoms with Crippen LogP contribution in [0.4, 0.5) is 5.82 Å². The minimum atomic E-state index is -0.271. The summed E-state index contributed by atoms with van der Waals surface area (Å²) in [5.74, 6) is 1.81. The van der Waals surface area contributed by atoms with Crippen molar-refractivity contribution in [1.82, 2.24) is 20.3 Å². The molecule has 2 N–H and O–H groups in total. The van der Waals surface area contributed by atoms with Crippen molar-refractivity contribution in [2.75, 3.05) is 5.32 Å². The number of amides is 1. The van der Waals surface area contributed by atoms with E-state index in [2.05, 4.69) is 32.6 Å². The van der Waals surface area contributed by atoms with E-state index in [-0.39, 0.29) is 11.2 Å². The molecule has 2 heterocycles. The molecule has 2 aromatic heterocycles. The lowest BCUT2D eigenvalue weighted by molar-refractivity contribution is -0.115. The summed E-state index contributed by atoms with van der Waals surface area (Å²) in [6.45, 7) is 5.81. The normalized spacial score (nSPS) is 12.3. The van der Waals surface area contributed by atoms with Gasteiger partial charge in [0.05, 0.1) is 5.25 Å². The highest BCUT2D eigenvalue weighted by Crippen LogP contribution is 2.23. The Bertz CT molecular complexity index is 595. The Hall–Kier alpha value is -1.83. The van der Waals surface area contributed by atoms with Crippen LogP contribution in [0.3, 0.4) is 0 Å². The summed E-state index contributed by atoms with van der Waals surface area (Å²) in [5.41, 5.74) is 0. The predicted octanol–water partition coefficient (Wildman–Crippen LogP) is 2.56. The summed E-state index contributed by atoms with van der Waals surface area (Å²) in [4.78, 5) is 16.6. The SMILES string of the molecule is CCCc1nc(S[C@H](CC)C(=O)Nc2cc(C)on2)n[nH]1. The van der Waals surface area contributed by atoms with Gasteiger partial charge in [0.2, 0.25) is 11.1 Å².